The lowest BCUT2D eigenvalue weighted by Gasteiger charge is -2.25. The number of halogens is 3. The molecule has 5 nitrogen and oxygen atoms in total. The van der Waals surface area contributed by atoms with Gasteiger partial charge in [0.2, 0.25) is 0 Å². The van der Waals surface area contributed by atoms with Gasteiger partial charge in [0, 0.05) is 17.5 Å². The van der Waals surface area contributed by atoms with Gasteiger partial charge in [-0.1, -0.05) is 19.1 Å². The predicted molar refractivity (Wildman–Crippen MR) is 100 cm³/mol. The lowest BCUT2D eigenvalue weighted by Crippen LogP contribution is -2.47. The summed E-state index contributed by atoms with van der Waals surface area (Å²) in [5.74, 6) is -0.0795. The van der Waals surface area contributed by atoms with E-state index in [2.05, 4.69) is 4.99 Å². The Bertz CT molecular complexity index is 1000. The Labute approximate surface area is 161 Å². The summed E-state index contributed by atoms with van der Waals surface area (Å²) in [7, 11) is -3.45. The van der Waals surface area contributed by atoms with Crippen molar-refractivity contribution >= 4 is 21.4 Å². The maximum Gasteiger partial charge on any atom is 0.440 e. The van der Waals surface area contributed by atoms with Gasteiger partial charge < -0.3 is 10.0 Å². The number of benzene rings is 2. The van der Waals surface area contributed by atoms with Crippen LogP contribution in [0.5, 0.6) is 0 Å². The third-order valence-electron chi connectivity index (χ3n) is 4.58. The second kappa shape index (κ2) is 6.89. The Morgan fingerprint density at radius 3 is 2.14 bits per heavy atom. The SMILES string of the molecule is CCc1ccc(N2CC(O)(C(F)(F)F)N=C2c2ccc(S(C)(=O)=O)cc2)cc1. The maximum atomic E-state index is 13.4. The van der Waals surface area contributed by atoms with E-state index in [9.17, 15) is 26.7 Å². The van der Waals surface area contributed by atoms with Crippen molar-refractivity contribution in [2.45, 2.75) is 30.1 Å². The summed E-state index contributed by atoms with van der Waals surface area (Å²) in [6, 6.07) is 12.3. The lowest BCUT2D eigenvalue weighted by atomic mass is 10.1. The number of anilines is 1. The summed E-state index contributed by atoms with van der Waals surface area (Å²) < 4.78 is 63.4. The quantitative estimate of drug-likeness (QED) is 0.838. The maximum absolute atomic E-state index is 13.4. The van der Waals surface area contributed by atoms with E-state index in [0.717, 1.165) is 18.2 Å². The third-order valence-corrected chi connectivity index (χ3v) is 5.70. The van der Waals surface area contributed by atoms with Gasteiger partial charge in [0.05, 0.1) is 11.4 Å². The highest BCUT2D eigenvalue weighted by Crippen LogP contribution is 2.38. The summed E-state index contributed by atoms with van der Waals surface area (Å²) in [4.78, 5) is 4.90. The van der Waals surface area contributed by atoms with Crippen LogP contribution in [0.25, 0.3) is 0 Å². The molecule has 1 heterocycles. The molecule has 1 N–H and O–H groups in total. The molecule has 1 aliphatic heterocycles. The zero-order chi connectivity index (χ0) is 20.7. The molecule has 2 aromatic carbocycles. The summed E-state index contributed by atoms with van der Waals surface area (Å²) >= 11 is 0. The second-order valence-corrected chi connectivity index (χ2v) is 8.67. The van der Waals surface area contributed by atoms with Crippen molar-refractivity contribution in [3.8, 4) is 0 Å². The van der Waals surface area contributed by atoms with Crippen molar-refractivity contribution in [2.24, 2.45) is 4.99 Å². The standard InChI is InChI=1S/C19H19F3N2O3S/c1-3-13-4-8-15(9-5-13)24-12-18(25,19(20,21)22)23-17(24)14-6-10-16(11-7-14)28(2,26)27/h4-11,25H,3,12H2,1-2H3. The van der Waals surface area contributed by atoms with Gasteiger partial charge in [-0.15, -0.1) is 0 Å². The fraction of sp³-hybridized carbons (Fsp3) is 0.316. The fourth-order valence-electron chi connectivity index (χ4n) is 2.92. The van der Waals surface area contributed by atoms with Crippen LogP contribution < -0.4 is 4.90 Å². The molecule has 0 aromatic heterocycles. The largest absolute Gasteiger partial charge is 0.440 e. The molecule has 0 bridgehead atoms. The number of aliphatic imine (C=N–C) groups is 1. The highest BCUT2D eigenvalue weighted by atomic mass is 32.2. The first-order valence-electron chi connectivity index (χ1n) is 8.50. The Balaban J connectivity index is 2.07. The zero-order valence-corrected chi connectivity index (χ0v) is 16.0. The van der Waals surface area contributed by atoms with Gasteiger partial charge in [-0.2, -0.15) is 13.2 Å². The molecule has 150 valence electrons. The van der Waals surface area contributed by atoms with Crippen LogP contribution in [0.4, 0.5) is 18.9 Å². The molecule has 0 saturated heterocycles. The first-order valence-corrected chi connectivity index (χ1v) is 10.4. The molecular formula is C19H19F3N2O3S. The topological polar surface area (TPSA) is 70.0 Å². The molecule has 0 spiro atoms. The Morgan fingerprint density at radius 1 is 1.11 bits per heavy atom. The third kappa shape index (κ3) is 3.77. The van der Waals surface area contributed by atoms with E-state index >= 15 is 0 Å². The van der Waals surface area contributed by atoms with Gasteiger partial charge in [0.15, 0.2) is 9.84 Å². The minimum Gasteiger partial charge on any atom is -0.361 e. The van der Waals surface area contributed by atoms with Crippen LogP contribution in [0.2, 0.25) is 0 Å². The van der Waals surface area contributed by atoms with Crippen LogP contribution in [0.15, 0.2) is 58.4 Å². The number of amidine groups is 1. The van der Waals surface area contributed by atoms with Gasteiger partial charge in [-0.25, -0.2) is 13.4 Å². The number of hydrogen-bond acceptors (Lipinski definition) is 5. The van der Waals surface area contributed by atoms with E-state index in [1.165, 1.54) is 29.2 Å². The van der Waals surface area contributed by atoms with Crippen LogP contribution in [0.1, 0.15) is 18.1 Å². The van der Waals surface area contributed by atoms with E-state index < -0.39 is 28.3 Å². The fourth-order valence-corrected chi connectivity index (χ4v) is 3.55. The summed E-state index contributed by atoms with van der Waals surface area (Å²) in [5.41, 5.74) is -1.51. The van der Waals surface area contributed by atoms with Gasteiger partial charge in [0.1, 0.15) is 5.84 Å². The molecular weight excluding hydrogens is 393 g/mol. The highest BCUT2D eigenvalue weighted by Gasteiger charge is 2.58. The first kappa shape index (κ1) is 20.3. The van der Waals surface area contributed by atoms with Crippen molar-refractivity contribution < 1.29 is 26.7 Å². The average molecular weight is 412 g/mol. The number of sulfone groups is 1. The molecule has 0 amide bonds. The van der Waals surface area contributed by atoms with Gasteiger partial charge >= 0.3 is 6.18 Å². The second-order valence-electron chi connectivity index (χ2n) is 6.65. The van der Waals surface area contributed by atoms with Crippen molar-refractivity contribution in [2.75, 3.05) is 17.7 Å². The Kier molecular flexibility index (Phi) is 5.01. The first-order chi connectivity index (χ1) is 12.9. The molecule has 28 heavy (non-hydrogen) atoms. The minimum atomic E-state index is -4.96. The normalized spacial score (nSPS) is 20.4. The molecule has 3 rings (SSSR count). The van der Waals surface area contributed by atoms with E-state index in [1.54, 1.807) is 24.3 Å². The van der Waals surface area contributed by atoms with Crippen molar-refractivity contribution in [1.29, 1.82) is 0 Å². The number of alkyl halides is 3. The predicted octanol–water partition coefficient (Wildman–Crippen LogP) is 3.17. The van der Waals surface area contributed by atoms with Crippen molar-refractivity contribution in [3.05, 3.63) is 59.7 Å². The molecule has 2 aromatic rings. The molecule has 0 radical (unpaired) electrons. The average Bonchev–Trinajstić information content (AvgIpc) is 3.00. The number of β-amino-alcohol motifs (C(OH)–C–C–N with tert-alkyl or cyclic N) is 1. The molecule has 1 unspecified atom stereocenters. The molecule has 0 fully saturated rings. The monoisotopic (exact) mass is 412 g/mol. The minimum absolute atomic E-state index is 0.0415. The van der Waals surface area contributed by atoms with Gasteiger partial charge in [-0.05, 0) is 48.4 Å². The summed E-state index contributed by atoms with van der Waals surface area (Å²) in [5, 5.41) is 10.1. The highest BCUT2D eigenvalue weighted by molar-refractivity contribution is 7.90. The van der Waals surface area contributed by atoms with E-state index in [-0.39, 0.29) is 16.3 Å². The number of aryl methyl sites for hydroxylation is 1. The smallest absolute Gasteiger partial charge is 0.361 e. The van der Waals surface area contributed by atoms with E-state index in [4.69, 9.17) is 0 Å². The van der Waals surface area contributed by atoms with Crippen LogP contribution in [0.3, 0.4) is 0 Å². The summed E-state index contributed by atoms with van der Waals surface area (Å²) in [6.45, 7) is 1.18. The van der Waals surface area contributed by atoms with Crippen molar-refractivity contribution in [1.82, 2.24) is 0 Å². The lowest BCUT2D eigenvalue weighted by molar-refractivity contribution is -0.249. The Morgan fingerprint density at radius 2 is 1.68 bits per heavy atom. The zero-order valence-electron chi connectivity index (χ0n) is 15.2. The number of hydrogen-bond donors (Lipinski definition) is 1. The van der Waals surface area contributed by atoms with E-state index in [0.29, 0.717) is 5.69 Å². The van der Waals surface area contributed by atoms with Crippen LogP contribution in [-0.4, -0.2) is 44.1 Å². The van der Waals surface area contributed by atoms with Crippen LogP contribution >= 0.6 is 0 Å². The summed E-state index contributed by atoms with van der Waals surface area (Å²) in [6.07, 6.45) is -3.14. The number of aliphatic hydroxyl groups is 1. The van der Waals surface area contributed by atoms with Gasteiger partial charge in [-0.3, -0.25) is 0 Å². The molecule has 1 aliphatic rings. The van der Waals surface area contributed by atoms with Crippen LogP contribution in [0, 0.1) is 0 Å². The van der Waals surface area contributed by atoms with Crippen LogP contribution in [-0.2, 0) is 16.3 Å². The number of nitrogens with zero attached hydrogens (tertiary/aromatic N) is 2. The Hall–Kier alpha value is -2.39. The van der Waals surface area contributed by atoms with Crippen molar-refractivity contribution in [3.63, 3.8) is 0 Å². The van der Waals surface area contributed by atoms with Gasteiger partial charge in [0.25, 0.3) is 5.72 Å². The van der Waals surface area contributed by atoms with E-state index in [1.807, 2.05) is 6.92 Å². The molecule has 0 saturated carbocycles. The molecule has 1 atom stereocenters. The number of rotatable bonds is 4. The molecule has 9 heteroatoms. The molecule has 0 aliphatic carbocycles.